The zero-order valence-corrected chi connectivity index (χ0v) is 22.8. The molecule has 0 saturated carbocycles. The van der Waals surface area contributed by atoms with E-state index in [1.807, 2.05) is 56.3 Å². The Balaban J connectivity index is 1.32. The van der Waals surface area contributed by atoms with E-state index in [0.29, 0.717) is 36.3 Å². The average molecular weight is 563 g/mol. The van der Waals surface area contributed by atoms with Gasteiger partial charge in [-0.05, 0) is 59.0 Å². The molecule has 0 saturated heterocycles. The molecule has 11 heteroatoms. The standard InChI is InChI=1S/C28H33F3N4O3S/c1-21(20-39-27-32-33-34-35(27)24-7-4-3-5-8-24)9-14-26(36)22(2)15-18-37-19-23-10-12-25(13-11-23)38-17-6-16-28(29,30)31/h3-5,7-8,10-13,21-22,26,36H,6,15-20H2,1-2H3/t21-,22-,26?/m0/s1. The van der Waals surface area contributed by atoms with Crippen LogP contribution >= 0.6 is 11.8 Å². The first-order chi connectivity index (χ1) is 18.7. The molecule has 0 aliphatic carbocycles. The molecule has 0 fully saturated rings. The van der Waals surface area contributed by atoms with Gasteiger partial charge in [0.15, 0.2) is 0 Å². The van der Waals surface area contributed by atoms with Gasteiger partial charge in [0, 0.05) is 24.7 Å². The van der Waals surface area contributed by atoms with Crippen LogP contribution in [-0.4, -0.2) is 56.6 Å². The molecule has 1 N–H and O–H groups in total. The van der Waals surface area contributed by atoms with Crippen molar-refractivity contribution in [3.8, 4) is 23.3 Å². The second-order valence-corrected chi connectivity index (χ2v) is 10.2. The number of aliphatic hydroxyl groups is 1. The molecule has 0 spiro atoms. The predicted molar refractivity (Wildman–Crippen MR) is 143 cm³/mol. The number of aromatic nitrogens is 4. The Bertz CT molecular complexity index is 1180. The minimum absolute atomic E-state index is 0.0185. The third kappa shape index (κ3) is 11.3. The number of hydrogen-bond acceptors (Lipinski definition) is 7. The molecule has 3 atom stereocenters. The summed E-state index contributed by atoms with van der Waals surface area (Å²) >= 11 is 1.51. The topological polar surface area (TPSA) is 82.3 Å². The number of aliphatic hydroxyl groups excluding tert-OH is 1. The molecule has 0 amide bonds. The summed E-state index contributed by atoms with van der Waals surface area (Å²) in [4.78, 5) is 0. The minimum atomic E-state index is -4.16. The van der Waals surface area contributed by atoms with E-state index in [1.165, 1.54) is 11.8 Å². The smallest absolute Gasteiger partial charge is 0.389 e. The SMILES string of the molecule is C[C@@H](C#CC(O)[C@@H](C)CCOCc1ccc(OCCCC(F)(F)F)cc1)CSc1nnnn1-c1ccccc1. The van der Waals surface area contributed by atoms with Crippen molar-refractivity contribution in [1.82, 2.24) is 20.2 Å². The number of thioether (sulfide) groups is 1. The van der Waals surface area contributed by atoms with Crippen molar-refractivity contribution in [1.29, 1.82) is 0 Å². The van der Waals surface area contributed by atoms with Gasteiger partial charge < -0.3 is 14.6 Å². The summed E-state index contributed by atoms with van der Waals surface area (Å²) in [5.74, 6) is 7.26. The first kappa shape index (κ1) is 30.5. The van der Waals surface area contributed by atoms with Crippen LogP contribution in [0.15, 0.2) is 59.8 Å². The molecule has 39 heavy (non-hydrogen) atoms. The van der Waals surface area contributed by atoms with E-state index in [1.54, 1.807) is 16.8 Å². The molecular weight excluding hydrogens is 529 g/mol. The van der Waals surface area contributed by atoms with E-state index in [0.717, 1.165) is 11.3 Å². The quantitative estimate of drug-likeness (QED) is 0.153. The Hall–Kier alpha value is -3.07. The predicted octanol–water partition coefficient (Wildman–Crippen LogP) is 5.72. The van der Waals surface area contributed by atoms with Gasteiger partial charge in [0.2, 0.25) is 5.16 Å². The van der Waals surface area contributed by atoms with Crippen LogP contribution in [0.1, 0.15) is 38.7 Å². The van der Waals surface area contributed by atoms with Crippen LogP contribution in [-0.2, 0) is 11.3 Å². The van der Waals surface area contributed by atoms with Gasteiger partial charge in [-0.2, -0.15) is 17.9 Å². The van der Waals surface area contributed by atoms with E-state index in [2.05, 4.69) is 27.4 Å². The van der Waals surface area contributed by atoms with Gasteiger partial charge in [0.1, 0.15) is 11.9 Å². The maximum Gasteiger partial charge on any atom is 0.389 e. The van der Waals surface area contributed by atoms with Gasteiger partial charge in [-0.25, -0.2) is 0 Å². The normalized spacial score (nSPS) is 13.8. The Morgan fingerprint density at radius 2 is 1.77 bits per heavy atom. The third-order valence-corrected chi connectivity index (χ3v) is 6.88. The molecule has 2 aromatic carbocycles. The van der Waals surface area contributed by atoms with Crippen molar-refractivity contribution in [2.75, 3.05) is 19.0 Å². The lowest BCUT2D eigenvalue weighted by Gasteiger charge is -2.14. The lowest BCUT2D eigenvalue weighted by atomic mass is 10.0. The molecule has 0 aliphatic rings. The fraction of sp³-hybridized carbons (Fsp3) is 0.464. The molecule has 1 unspecified atom stereocenters. The maximum atomic E-state index is 12.2. The van der Waals surface area contributed by atoms with Gasteiger partial charge >= 0.3 is 6.18 Å². The molecule has 1 aromatic heterocycles. The van der Waals surface area contributed by atoms with Crippen molar-refractivity contribution in [3.05, 3.63) is 60.2 Å². The molecule has 0 bridgehead atoms. The van der Waals surface area contributed by atoms with E-state index < -0.39 is 18.7 Å². The van der Waals surface area contributed by atoms with Crippen molar-refractivity contribution < 1.29 is 27.8 Å². The molecular formula is C28H33F3N4O3S. The highest BCUT2D eigenvalue weighted by atomic mass is 32.2. The number of halogens is 3. The first-order valence-corrected chi connectivity index (χ1v) is 13.7. The van der Waals surface area contributed by atoms with E-state index >= 15 is 0 Å². The molecule has 0 aliphatic heterocycles. The monoisotopic (exact) mass is 562 g/mol. The van der Waals surface area contributed by atoms with Crippen LogP contribution in [0.25, 0.3) is 5.69 Å². The summed E-state index contributed by atoms with van der Waals surface area (Å²) in [7, 11) is 0. The highest BCUT2D eigenvalue weighted by Crippen LogP contribution is 2.22. The highest BCUT2D eigenvalue weighted by Gasteiger charge is 2.26. The lowest BCUT2D eigenvalue weighted by Crippen LogP contribution is -2.17. The van der Waals surface area contributed by atoms with Gasteiger partial charge in [0.25, 0.3) is 0 Å². The van der Waals surface area contributed by atoms with E-state index in [-0.39, 0.29) is 24.9 Å². The van der Waals surface area contributed by atoms with E-state index in [9.17, 15) is 18.3 Å². The van der Waals surface area contributed by atoms with Crippen molar-refractivity contribution in [3.63, 3.8) is 0 Å². The Morgan fingerprint density at radius 3 is 2.49 bits per heavy atom. The summed E-state index contributed by atoms with van der Waals surface area (Å²) in [6.45, 7) is 4.80. The summed E-state index contributed by atoms with van der Waals surface area (Å²) in [5.41, 5.74) is 1.81. The number of benzene rings is 2. The number of para-hydroxylation sites is 1. The van der Waals surface area contributed by atoms with Crippen molar-refractivity contribution in [2.24, 2.45) is 11.8 Å². The third-order valence-electron chi connectivity index (χ3n) is 5.70. The Morgan fingerprint density at radius 1 is 1.03 bits per heavy atom. The highest BCUT2D eigenvalue weighted by molar-refractivity contribution is 7.99. The van der Waals surface area contributed by atoms with Crippen LogP contribution in [0.4, 0.5) is 13.2 Å². The van der Waals surface area contributed by atoms with Crippen molar-refractivity contribution >= 4 is 11.8 Å². The lowest BCUT2D eigenvalue weighted by molar-refractivity contribution is -0.136. The largest absolute Gasteiger partial charge is 0.494 e. The molecule has 210 valence electrons. The number of rotatable bonds is 14. The van der Waals surface area contributed by atoms with Gasteiger partial charge in [-0.15, -0.1) is 5.10 Å². The summed E-state index contributed by atoms with van der Waals surface area (Å²) in [5, 5.41) is 23.0. The minimum Gasteiger partial charge on any atom is -0.494 e. The van der Waals surface area contributed by atoms with Crippen LogP contribution in [0.3, 0.4) is 0 Å². The molecule has 0 radical (unpaired) electrons. The summed E-state index contributed by atoms with van der Waals surface area (Å²) < 4.78 is 49.3. The van der Waals surface area contributed by atoms with Crippen molar-refractivity contribution in [2.45, 2.75) is 57.2 Å². The Labute approximate surface area is 231 Å². The molecule has 7 nitrogen and oxygen atoms in total. The molecule has 3 aromatic rings. The zero-order valence-electron chi connectivity index (χ0n) is 22.0. The summed E-state index contributed by atoms with van der Waals surface area (Å²) in [6, 6.07) is 16.7. The first-order valence-electron chi connectivity index (χ1n) is 12.7. The fourth-order valence-corrected chi connectivity index (χ4v) is 4.21. The van der Waals surface area contributed by atoms with Crippen LogP contribution in [0, 0.1) is 23.7 Å². The summed E-state index contributed by atoms with van der Waals surface area (Å²) in [6.07, 6.45) is -5.20. The van der Waals surface area contributed by atoms with Crippen LogP contribution in [0.2, 0.25) is 0 Å². The molecule has 1 heterocycles. The van der Waals surface area contributed by atoms with E-state index in [4.69, 9.17) is 9.47 Å². The van der Waals surface area contributed by atoms with Gasteiger partial charge in [-0.1, -0.05) is 67.8 Å². The number of nitrogens with zero attached hydrogens (tertiary/aromatic N) is 4. The number of hydrogen-bond donors (Lipinski definition) is 1. The van der Waals surface area contributed by atoms with Crippen LogP contribution in [0.5, 0.6) is 5.75 Å². The number of ether oxygens (including phenoxy) is 2. The number of tetrazole rings is 1. The van der Waals surface area contributed by atoms with Gasteiger partial charge in [-0.3, -0.25) is 0 Å². The van der Waals surface area contributed by atoms with Crippen LogP contribution < -0.4 is 4.74 Å². The second-order valence-electron chi connectivity index (χ2n) is 9.18. The Kier molecular flexibility index (Phi) is 12.1. The fourth-order valence-electron chi connectivity index (χ4n) is 3.37. The maximum absolute atomic E-state index is 12.2. The number of alkyl halides is 3. The average Bonchev–Trinajstić information content (AvgIpc) is 3.40. The zero-order chi connectivity index (χ0) is 28.1. The van der Waals surface area contributed by atoms with Gasteiger partial charge in [0.05, 0.1) is 18.9 Å². The molecule has 3 rings (SSSR count). The second kappa shape index (κ2) is 15.5.